The van der Waals surface area contributed by atoms with Gasteiger partial charge in [-0.15, -0.1) is 21.5 Å². The highest BCUT2D eigenvalue weighted by molar-refractivity contribution is 7.19. The zero-order valence-corrected chi connectivity index (χ0v) is 12.5. The molecule has 120 valence electrons. The monoisotopic (exact) mass is 339 g/mol. The van der Waals surface area contributed by atoms with Crippen molar-refractivity contribution in [3.05, 3.63) is 53.0 Å². The van der Waals surface area contributed by atoms with Crippen molar-refractivity contribution in [2.75, 3.05) is 11.9 Å². The van der Waals surface area contributed by atoms with E-state index in [1.165, 1.54) is 17.4 Å². The summed E-state index contributed by atoms with van der Waals surface area (Å²) < 4.78 is 38.3. The Bertz CT molecular complexity index is 769. The number of fused-ring (bicyclic) bond motifs is 1. The van der Waals surface area contributed by atoms with Gasteiger partial charge >= 0.3 is 6.18 Å². The molecular formula is C15H12F3N3OS. The van der Waals surface area contributed by atoms with Crippen LogP contribution in [-0.4, -0.2) is 21.8 Å². The van der Waals surface area contributed by atoms with Crippen molar-refractivity contribution < 1.29 is 18.3 Å². The molecule has 2 heterocycles. The van der Waals surface area contributed by atoms with Crippen molar-refractivity contribution in [1.29, 1.82) is 0 Å². The van der Waals surface area contributed by atoms with E-state index in [0.717, 1.165) is 21.0 Å². The fraction of sp³-hybridized carbons (Fsp3) is 0.200. The number of rotatable bonds is 4. The third-order valence-corrected chi connectivity index (χ3v) is 4.42. The molecule has 2 N–H and O–H groups in total. The summed E-state index contributed by atoms with van der Waals surface area (Å²) in [4.78, 5) is 0.776. The van der Waals surface area contributed by atoms with Gasteiger partial charge in [-0.3, -0.25) is 0 Å². The molecule has 3 rings (SSSR count). The van der Waals surface area contributed by atoms with Crippen LogP contribution in [0.1, 0.15) is 16.7 Å². The predicted molar refractivity (Wildman–Crippen MR) is 82.3 cm³/mol. The van der Waals surface area contributed by atoms with Crippen molar-refractivity contribution in [3.8, 4) is 0 Å². The maximum atomic E-state index is 12.4. The standard InChI is InChI=1S/C15H12F3N3OS/c16-15(17,18)13-5-6-14(21-20-13)19-8-10(22)12-7-9-3-1-2-4-11(9)23-12/h1-7,10,22H,8H2,(H,19,21). The van der Waals surface area contributed by atoms with E-state index in [2.05, 4.69) is 15.5 Å². The number of hydrogen-bond donors (Lipinski definition) is 2. The van der Waals surface area contributed by atoms with Crippen LogP contribution < -0.4 is 5.32 Å². The van der Waals surface area contributed by atoms with Crippen molar-refractivity contribution >= 4 is 27.2 Å². The van der Waals surface area contributed by atoms with E-state index in [4.69, 9.17) is 0 Å². The Kier molecular flexibility index (Phi) is 4.18. The van der Waals surface area contributed by atoms with Crippen molar-refractivity contribution in [2.24, 2.45) is 0 Å². The van der Waals surface area contributed by atoms with Gasteiger partial charge in [0.25, 0.3) is 0 Å². The predicted octanol–water partition coefficient (Wildman–Crippen LogP) is 3.86. The Hall–Kier alpha value is -2.19. The Morgan fingerprint density at radius 2 is 1.91 bits per heavy atom. The molecule has 0 radical (unpaired) electrons. The number of alkyl halides is 3. The summed E-state index contributed by atoms with van der Waals surface area (Å²) >= 11 is 1.47. The quantitative estimate of drug-likeness (QED) is 0.758. The summed E-state index contributed by atoms with van der Waals surface area (Å²) in [5, 5.41) is 20.6. The van der Waals surface area contributed by atoms with E-state index in [9.17, 15) is 18.3 Å². The molecule has 0 aliphatic rings. The summed E-state index contributed by atoms with van der Waals surface area (Å²) in [6.45, 7) is 0.132. The summed E-state index contributed by atoms with van der Waals surface area (Å²) in [7, 11) is 0. The fourth-order valence-corrected chi connectivity index (χ4v) is 3.10. The van der Waals surface area contributed by atoms with Gasteiger partial charge in [0, 0.05) is 16.1 Å². The molecule has 0 fully saturated rings. The highest BCUT2D eigenvalue weighted by atomic mass is 32.1. The lowest BCUT2D eigenvalue weighted by Crippen LogP contribution is -2.14. The summed E-state index contributed by atoms with van der Waals surface area (Å²) in [6.07, 6.45) is -5.29. The molecule has 0 bridgehead atoms. The molecule has 8 heteroatoms. The Morgan fingerprint density at radius 1 is 1.13 bits per heavy atom. The first-order valence-corrected chi connectivity index (χ1v) is 7.56. The van der Waals surface area contributed by atoms with E-state index < -0.39 is 18.0 Å². The van der Waals surface area contributed by atoms with Crippen LogP contribution in [0.25, 0.3) is 10.1 Å². The van der Waals surface area contributed by atoms with E-state index in [1.807, 2.05) is 30.3 Å². The lowest BCUT2D eigenvalue weighted by atomic mass is 10.2. The summed E-state index contributed by atoms with van der Waals surface area (Å²) in [5.74, 6) is 0.179. The largest absolute Gasteiger partial charge is 0.435 e. The molecule has 0 aliphatic carbocycles. The molecule has 0 amide bonds. The molecule has 0 saturated heterocycles. The lowest BCUT2D eigenvalue weighted by molar-refractivity contribution is -0.141. The minimum absolute atomic E-state index is 0.132. The second-order valence-corrected chi connectivity index (χ2v) is 6.00. The van der Waals surface area contributed by atoms with Gasteiger partial charge in [0.05, 0.1) is 0 Å². The average Bonchev–Trinajstić information content (AvgIpc) is 2.96. The van der Waals surface area contributed by atoms with Gasteiger partial charge in [-0.1, -0.05) is 18.2 Å². The van der Waals surface area contributed by atoms with E-state index >= 15 is 0 Å². The maximum absolute atomic E-state index is 12.4. The Balaban J connectivity index is 1.65. The average molecular weight is 339 g/mol. The van der Waals surface area contributed by atoms with Crippen LogP contribution in [0.15, 0.2) is 42.5 Å². The lowest BCUT2D eigenvalue weighted by Gasteiger charge is -2.11. The van der Waals surface area contributed by atoms with Crippen molar-refractivity contribution in [1.82, 2.24) is 10.2 Å². The van der Waals surface area contributed by atoms with Gasteiger partial charge in [-0.05, 0) is 29.7 Å². The maximum Gasteiger partial charge on any atom is 0.435 e. The molecule has 4 nitrogen and oxygen atoms in total. The van der Waals surface area contributed by atoms with Gasteiger partial charge in [0.15, 0.2) is 5.69 Å². The van der Waals surface area contributed by atoms with Gasteiger partial charge in [-0.2, -0.15) is 13.2 Å². The van der Waals surface area contributed by atoms with Gasteiger partial charge in [0.1, 0.15) is 11.9 Å². The third-order valence-electron chi connectivity index (χ3n) is 3.20. The number of benzene rings is 1. The fourth-order valence-electron chi connectivity index (χ4n) is 2.05. The summed E-state index contributed by atoms with van der Waals surface area (Å²) in [6, 6.07) is 11.7. The minimum atomic E-state index is -4.51. The first-order chi connectivity index (χ1) is 10.9. The third kappa shape index (κ3) is 3.59. The number of aromatic nitrogens is 2. The number of hydrogen-bond acceptors (Lipinski definition) is 5. The zero-order chi connectivity index (χ0) is 16.4. The van der Waals surface area contributed by atoms with Crippen LogP contribution in [0.2, 0.25) is 0 Å². The molecule has 1 unspecified atom stereocenters. The van der Waals surface area contributed by atoms with E-state index in [-0.39, 0.29) is 12.4 Å². The number of thiophene rings is 1. The molecule has 3 aromatic rings. The van der Waals surface area contributed by atoms with Crippen molar-refractivity contribution in [3.63, 3.8) is 0 Å². The van der Waals surface area contributed by atoms with E-state index in [0.29, 0.717) is 0 Å². The van der Waals surface area contributed by atoms with Crippen LogP contribution in [0.4, 0.5) is 19.0 Å². The van der Waals surface area contributed by atoms with Gasteiger partial charge in [-0.25, -0.2) is 0 Å². The molecule has 23 heavy (non-hydrogen) atoms. The topological polar surface area (TPSA) is 58.0 Å². The smallest absolute Gasteiger partial charge is 0.386 e. The van der Waals surface area contributed by atoms with Gasteiger partial charge in [0.2, 0.25) is 0 Å². The minimum Gasteiger partial charge on any atom is -0.386 e. The summed E-state index contributed by atoms with van der Waals surface area (Å²) in [5.41, 5.74) is -1.05. The number of nitrogens with zero attached hydrogens (tertiary/aromatic N) is 2. The van der Waals surface area contributed by atoms with Crippen LogP contribution in [0.3, 0.4) is 0 Å². The number of halogens is 3. The Labute approximate surface area is 133 Å². The van der Waals surface area contributed by atoms with Crippen LogP contribution in [0.5, 0.6) is 0 Å². The number of nitrogens with one attached hydrogen (secondary N) is 1. The molecule has 0 aliphatic heterocycles. The van der Waals surface area contributed by atoms with E-state index in [1.54, 1.807) is 0 Å². The second kappa shape index (κ2) is 6.13. The van der Waals surface area contributed by atoms with Crippen LogP contribution in [-0.2, 0) is 6.18 Å². The normalized spacial score (nSPS) is 13.2. The second-order valence-electron chi connectivity index (χ2n) is 4.88. The highest BCUT2D eigenvalue weighted by Crippen LogP contribution is 2.30. The first kappa shape index (κ1) is 15.7. The molecule has 0 spiro atoms. The molecule has 0 saturated carbocycles. The molecule has 1 atom stereocenters. The number of anilines is 1. The first-order valence-electron chi connectivity index (χ1n) is 6.75. The zero-order valence-electron chi connectivity index (χ0n) is 11.7. The molecule has 1 aromatic carbocycles. The molecule has 2 aromatic heterocycles. The Morgan fingerprint density at radius 3 is 2.57 bits per heavy atom. The highest BCUT2D eigenvalue weighted by Gasteiger charge is 2.32. The van der Waals surface area contributed by atoms with Crippen molar-refractivity contribution in [2.45, 2.75) is 12.3 Å². The SMILES string of the molecule is OC(CNc1ccc(C(F)(F)F)nn1)c1cc2ccccc2s1. The number of aliphatic hydroxyl groups excluding tert-OH is 1. The van der Waals surface area contributed by atoms with Crippen LogP contribution >= 0.6 is 11.3 Å². The van der Waals surface area contributed by atoms with Crippen LogP contribution in [0, 0.1) is 0 Å². The van der Waals surface area contributed by atoms with Gasteiger partial charge < -0.3 is 10.4 Å². The molecular weight excluding hydrogens is 327 g/mol. The number of aliphatic hydroxyl groups is 1.